The number of aliphatic hydroxyl groups excluding tert-OH is 1. The highest BCUT2D eigenvalue weighted by atomic mass is 16.5. The monoisotopic (exact) mass is 681 g/mol. The highest BCUT2D eigenvalue weighted by Crippen LogP contribution is 2.32. The number of nitrogens with zero attached hydrogens (tertiary/aromatic N) is 1. The molecule has 49 heavy (non-hydrogen) atoms. The van der Waals surface area contributed by atoms with Crippen LogP contribution in [0.2, 0.25) is 0 Å². The molecule has 0 aliphatic carbocycles. The molecular weight excluding hydrogens is 608 g/mol. The molecule has 0 aliphatic rings. The summed E-state index contributed by atoms with van der Waals surface area (Å²) in [6.07, 6.45) is 10.1. The molecule has 0 radical (unpaired) electrons. The van der Waals surface area contributed by atoms with Crippen molar-refractivity contribution in [2.45, 2.75) is 147 Å². The number of hydrogen-bond acceptors (Lipinski definition) is 5. The smallest absolute Gasteiger partial charge is 0.302 e. The number of hydrogen-bond donors (Lipinski definition) is 2. The summed E-state index contributed by atoms with van der Waals surface area (Å²) < 4.78 is 4.61. The van der Waals surface area contributed by atoms with Gasteiger partial charge in [-0.1, -0.05) is 127 Å². The van der Waals surface area contributed by atoms with E-state index in [9.17, 15) is 9.59 Å². The normalized spacial score (nSPS) is 12.9. The van der Waals surface area contributed by atoms with Gasteiger partial charge in [0, 0.05) is 25.6 Å². The predicted octanol–water partition coefficient (Wildman–Crippen LogP) is 10.9. The van der Waals surface area contributed by atoms with Crippen LogP contribution in [0.4, 0.5) is 0 Å². The highest BCUT2D eigenvalue weighted by molar-refractivity contribution is 6.45. The van der Waals surface area contributed by atoms with Gasteiger partial charge in [-0.05, 0) is 89.5 Å². The Morgan fingerprint density at radius 1 is 0.918 bits per heavy atom. The number of allylic oxidation sites excluding steroid dienone is 2. The molecular formula is C43H72N2O4. The van der Waals surface area contributed by atoms with Gasteiger partial charge in [-0.15, -0.1) is 0 Å². The maximum Gasteiger partial charge on any atom is 0.302 e. The Kier molecular flexibility index (Phi) is 25.1. The van der Waals surface area contributed by atoms with Crippen LogP contribution in [0.25, 0.3) is 0 Å². The van der Waals surface area contributed by atoms with Crippen LogP contribution in [0, 0.1) is 23.7 Å². The van der Waals surface area contributed by atoms with Crippen LogP contribution in [-0.2, 0) is 14.3 Å². The molecule has 278 valence electrons. The molecule has 0 saturated carbocycles. The van der Waals surface area contributed by atoms with E-state index in [1.807, 2.05) is 44.2 Å². The summed E-state index contributed by atoms with van der Waals surface area (Å²) in [6.45, 7) is 28.6. The molecule has 6 nitrogen and oxygen atoms in total. The fourth-order valence-electron chi connectivity index (χ4n) is 4.77. The Morgan fingerprint density at radius 3 is 1.82 bits per heavy atom. The van der Waals surface area contributed by atoms with Crippen molar-refractivity contribution in [2.75, 3.05) is 7.05 Å². The van der Waals surface area contributed by atoms with Crippen molar-refractivity contribution in [3.8, 4) is 0 Å². The molecule has 2 N–H and O–H groups in total. The maximum atomic E-state index is 12.9. The molecule has 0 heterocycles. The number of carbonyl (C=O) groups excluding carboxylic acids is 2. The first-order chi connectivity index (χ1) is 22.7. The Labute approximate surface area is 301 Å². The lowest BCUT2D eigenvalue weighted by Gasteiger charge is -2.29. The quantitative estimate of drug-likeness (QED) is 0.140. The summed E-state index contributed by atoms with van der Waals surface area (Å²) in [5, 5.41) is 11.3. The predicted molar refractivity (Wildman–Crippen MR) is 211 cm³/mol. The number of rotatable bonds is 11. The van der Waals surface area contributed by atoms with Crippen LogP contribution in [0.1, 0.15) is 145 Å². The minimum Gasteiger partial charge on any atom is -0.463 e. The zero-order valence-corrected chi connectivity index (χ0v) is 33.8. The second kappa shape index (κ2) is 25.7. The first-order valence-corrected chi connectivity index (χ1v) is 18.0. The fraction of sp³-hybridized carbons (Fsp3) is 0.605. The summed E-state index contributed by atoms with van der Waals surface area (Å²) in [7, 11) is 1.66. The zero-order chi connectivity index (χ0) is 38.2. The third-order valence-electron chi connectivity index (χ3n) is 7.37. The number of amides is 1. The number of esters is 1. The van der Waals surface area contributed by atoms with Crippen molar-refractivity contribution in [3.63, 3.8) is 0 Å². The van der Waals surface area contributed by atoms with Crippen molar-refractivity contribution in [3.05, 3.63) is 83.4 Å². The largest absolute Gasteiger partial charge is 0.463 e. The Hall–Kier alpha value is -3.25. The van der Waals surface area contributed by atoms with E-state index in [2.05, 4.69) is 114 Å². The first-order valence-electron chi connectivity index (χ1n) is 18.0. The summed E-state index contributed by atoms with van der Waals surface area (Å²) in [6, 6.07) is 18.0. The molecule has 0 saturated heterocycles. The van der Waals surface area contributed by atoms with E-state index in [-0.39, 0.29) is 35.5 Å². The van der Waals surface area contributed by atoms with Gasteiger partial charge in [-0.2, -0.15) is 0 Å². The van der Waals surface area contributed by atoms with E-state index in [1.165, 1.54) is 31.7 Å². The number of aliphatic hydroxyl groups is 1. The topological polar surface area (TPSA) is 88.0 Å². The van der Waals surface area contributed by atoms with E-state index in [0.29, 0.717) is 11.1 Å². The number of carbonyl (C=O) groups is 2. The molecule has 2 rings (SSSR count). The third kappa shape index (κ3) is 26.3. The van der Waals surface area contributed by atoms with E-state index in [4.69, 9.17) is 5.11 Å². The molecule has 2 atom stereocenters. The van der Waals surface area contributed by atoms with Crippen LogP contribution in [0.5, 0.6) is 0 Å². The van der Waals surface area contributed by atoms with Gasteiger partial charge in [-0.25, -0.2) is 0 Å². The van der Waals surface area contributed by atoms with E-state index in [1.54, 1.807) is 20.9 Å². The second-order valence-electron chi connectivity index (χ2n) is 15.4. The Balaban J connectivity index is 0. The van der Waals surface area contributed by atoms with Crippen LogP contribution in [-0.4, -0.2) is 42.0 Å². The van der Waals surface area contributed by atoms with E-state index >= 15 is 0 Å². The van der Waals surface area contributed by atoms with E-state index < -0.39 is 0 Å². The first kappa shape index (κ1) is 47.9. The minimum absolute atomic E-state index is 0.0252. The molecule has 0 fully saturated rings. The van der Waals surface area contributed by atoms with Crippen LogP contribution < -0.4 is 5.32 Å². The van der Waals surface area contributed by atoms with Crippen molar-refractivity contribution < 1.29 is 19.4 Å². The van der Waals surface area contributed by atoms with Gasteiger partial charge in [0.15, 0.2) is 0 Å². The van der Waals surface area contributed by atoms with Crippen molar-refractivity contribution >= 4 is 17.6 Å². The molecule has 0 aromatic heterocycles. The second-order valence-corrected chi connectivity index (χ2v) is 15.4. The number of aryl methyl sites for hydroxylation is 1. The van der Waals surface area contributed by atoms with Gasteiger partial charge < -0.3 is 15.2 Å². The van der Waals surface area contributed by atoms with Gasteiger partial charge in [-0.3, -0.25) is 14.6 Å². The summed E-state index contributed by atoms with van der Waals surface area (Å²) >= 11 is 0. The maximum absolute atomic E-state index is 12.9. The van der Waals surface area contributed by atoms with Crippen molar-refractivity contribution in [2.24, 2.45) is 21.7 Å². The molecule has 2 aromatic carbocycles. The molecule has 6 heteroatoms. The summed E-state index contributed by atoms with van der Waals surface area (Å²) in [5.41, 5.74) is 4.35. The Morgan fingerprint density at radius 2 is 1.45 bits per heavy atom. The SMILES string of the molecule is CC(=O)OC(C)C.CC(C)O.CC=CCC(CCC)C(C)(C)C.CN=C(C(=O)NC(CCC(C)(C)C)c1ccc(C)cc1)c1ccccc1. The number of benzene rings is 2. The van der Waals surface area contributed by atoms with Gasteiger partial charge in [0.2, 0.25) is 0 Å². The third-order valence-corrected chi connectivity index (χ3v) is 7.37. The van der Waals surface area contributed by atoms with Gasteiger partial charge in [0.25, 0.3) is 5.91 Å². The van der Waals surface area contributed by atoms with Gasteiger partial charge in [0.1, 0.15) is 5.71 Å². The minimum atomic E-state index is -0.213. The van der Waals surface area contributed by atoms with Crippen LogP contribution >= 0.6 is 0 Å². The van der Waals surface area contributed by atoms with Gasteiger partial charge in [0.05, 0.1) is 12.1 Å². The number of nitrogens with one attached hydrogen (secondary N) is 1. The van der Waals surface area contributed by atoms with E-state index in [0.717, 1.165) is 29.9 Å². The summed E-state index contributed by atoms with van der Waals surface area (Å²) in [4.78, 5) is 27.2. The average Bonchev–Trinajstić information content (AvgIpc) is 2.97. The fourth-order valence-corrected chi connectivity index (χ4v) is 4.77. The van der Waals surface area contributed by atoms with Crippen LogP contribution in [0.3, 0.4) is 0 Å². The molecule has 1 amide bonds. The Bertz CT molecular complexity index is 1200. The van der Waals surface area contributed by atoms with Crippen molar-refractivity contribution in [1.29, 1.82) is 0 Å². The molecule has 0 aliphatic heterocycles. The zero-order valence-electron chi connectivity index (χ0n) is 33.8. The lowest BCUT2D eigenvalue weighted by Crippen LogP contribution is -2.35. The number of ether oxygens (including phenoxy) is 1. The molecule has 2 aromatic rings. The highest BCUT2D eigenvalue weighted by Gasteiger charge is 2.23. The number of aliphatic imine (C=N–C) groups is 1. The molecule has 0 spiro atoms. The lowest BCUT2D eigenvalue weighted by atomic mass is 9.76. The summed E-state index contributed by atoms with van der Waals surface area (Å²) in [5.74, 6) is 0.506. The van der Waals surface area contributed by atoms with Gasteiger partial charge >= 0.3 is 5.97 Å². The molecule has 0 bridgehead atoms. The average molecular weight is 681 g/mol. The molecule has 2 unspecified atom stereocenters. The standard InChI is InChI=1S/C23H30N2O.C12H24.C5H10O2.C3H8O/c1-17-11-13-18(14-12-17)20(15-16-23(2,3)4)25-22(26)21(24-5)19-9-7-6-8-10-19;1-6-8-10-11(9-7-2)12(3,4)5;1-4(2)7-5(3)6;1-3(2)4/h6-14,20H,15-16H2,1-5H3,(H,25,26);6,8,11H,7,9-10H2,1-5H3;4H,1-3H3;3-4H,1-2H3. The lowest BCUT2D eigenvalue weighted by molar-refractivity contribution is -0.144. The van der Waals surface area contributed by atoms with Crippen molar-refractivity contribution in [1.82, 2.24) is 5.32 Å². The van der Waals surface area contributed by atoms with Crippen LogP contribution in [0.15, 0.2) is 71.7 Å².